The number of carboxylic acids is 1. The van der Waals surface area contributed by atoms with Crippen molar-refractivity contribution in [3.05, 3.63) is 53.5 Å². The summed E-state index contributed by atoms with van der Waals surface area (Å²) in [7, 11) is 2.41. The predicted molar refractivity (Wildman–Crippen MR) is 94.9 cm³/mol. The maximum atomic E-state index is 12.4. The summed E-state index contributed by atoms with van der Waals surface area (Å²) in [6, 6.07) is 8.18. The Morgan fingerprint density at radius 1 is 1.07 bits per heavy atom. The number of carbonyl (C=O) groups is 3. The molecular formula is C18H17N3O7. The second kappa shape index (κ2) is 7.92. The molecule has 10 nitrogen and oxygen atoms in total. The van der Waals surface area contributed by atoms with Gasteiger partial charge in [-0.3, -0.25) is 0 Å². The van der Waals surface area contributed by atoms with E-state index in [9.17, 15) is 14.4 Å². The molecule has 3 rings (SSSR count). The number of anilines is 1. The molecule has 0 atom stereocenters. The van der Waals surface area contributed by atoms with Crippen LogP contribution in [-0.2, 0) is 23.8 Å². The average molecular weight is 387 g/mol. The number of aromatic nitrogens is 2. The third-order valence-corrected chi connectivity index (χ3v) is 4.06. The third kappa shape index (κ3) is 3.45. The van der Waals surface area contributed by atoms with E-state index >= 15 is 0 Å². The number of methoxy groups -OCH3 is 2. The van der Waals surface area contributed by atoms with E-state index in [1.165, 1.54) is 36.1 Å². The minimum atomic E-state index is -1.17. The molecule has 2 heterocycles. The molecule has 10 heteroatoms. The van der Waals surface area contributed by atoms with Gasteiger partial charge in [-0.15, -0.1) is 0 Å². The summed E-state index contributed by atoms with van der Waals surface area (Å²) in [4.78, 5) is 37.2. The first kappa shape index (κ1) is 19.1. The molecule has 0 aliphatic carbocycles. The monoisotopic (exact) mass is 387 g/mol. The summed E-state index contributed by atoms with van der Waals surface area (Å²) in [5.41, 5.74) is 0.805. The Kier molecular flexibility index (Phi) is 5.41. The Morgan fingerprint density at radius 3 is 2.36 bits per heavy atom. The van der Waals surface area contributed by atoms with Crippen LogP contribution in [0.25, 0.3) is 5.69 Å². The lowest BCUT2D eigenvalue weighted by Gasteiger charge is -2.32. The van der Waals surface area contributed by atoms with Crippen LogP contribution in [0.2, 0.25) is 0 Å². The van der Waals surface area contributed by atoms with Crippen molar-refractivity contribution in [3.63, 3.8) is 0 Å². The van der Waals surface area contributed by atoms with Crippen molar-refractivity contribution in [1.29, 1.82) is 0 Å². The largest absolute Gasteiger partial charge is 0.476 e. The summed E-state index contributed by atoms with van der Waals surface area (Å²) in [5, 5.41) is 13.1. The van der Waals surface area contributed by atoms with Gasteiger partial charge in [-0.05, 0) is 18.2 Å². The van der Waals surface area contributed by atoms with E-state index in [1.807, 2.05) is 0 Å². The van der Waals surface area contributed by atoms with Crippen LogP contribution in [-0.4, -0.2) is 60.4 Å². The van der Waals surface area contributed by atoms with Crippen LogP contribution in [0, 0.1) is 0 Å². The molecule has 1 aromatic heterocycles. The fraction of sp³-hybridized carbons (Fsp3) is 0.222. The summed E-state index contributed by atoms with van der Waals surface area (Å²) in [6.07, 6.45) is 1.48. The summed E-state index contributed by atoms with van der Waals surface area (Å²) in [5.74, 6) is -2.61. The smallest absolute Gasteiger partial charge is 0.356 e. The van der Waals surface area contributed by atoms with Crippen molar-refractivity contribution in [2.45, 2.75) is 0 Å². The lowest BCUT2D eigenvalue weighted by molar-refractivity contribution is -0.140. The maximum absolute atomic E-state index is 12.4. The van der Waals surface area contributed by atoms with E-state index in [-0.39, 0.29) is 30.3 Å². The van der Waals surface area contributed by atoms with Crippen LogP contribution < -0.4 is 4.90 Å². The van der Waals surface area contributed by atoms with Gasteiger partial charge < -0.3 is 24.2 Å². The Bertz CT molecular complexity index is 964. The van der Waals surface area contributed by atoms with Crippen LogP contribution >= 0.6 is 0 Å². The number of benzene rings is 1. The maximum Gasteiger partial charge on any atom is 0.356 e. The van der Waals surface area contributed by atoms with E-state index in [4.69, 9.17) is 19.3 Å². The number of hydrogen-bond donors (Lipinski definition) is 1. The number of carboxylic acid groups (broad SMARTS) is 1. The number of ether oxygens (including phenoxy) is 3. The van der Waals surface area contributed by atoms with Crippen LogP contribution in [0.4, 0.5) is 5.69 Å². The first-order valence-electron chi connectivity index (χ1n) is 8.11. The van der Waals surface area contributed by atoms with E-state index in [0.29, 0.717) is 11.4 Å². The van der Waals surface area contributed by atoms with Crippen molar-refractivity contribution in [1.82, 2.24) is 9.78 Å². The van der Waals surface area contributed by atoms with Gasteiger partial charge in [0, 0.05) is 6.20 Å². The van der Waals surface area contributed by atoms with Crippen LogP contribution in [0.1, 0.15) is 10.5 Å². The zero-order valence-corrected chi connectivity index (χ0v) is 15.1. The molecule has 0 fully saturated rings. The molecule has 0 spiro atoms. The van der Waals surface area contributed by atoms with Crippen molar-refractivity contribution < 1.29 is 33.7 Å². The number of carbonyl (C=O) groups excluding carboxylic acids is 2. The molecule has 1 N–H and O–H groups in total. The molecule has 1 aliphatic heterocycles. The van der Waals surface area contributed by atoms with Gasteiger partial charge in [0.05, 0.1) is 37.8 Å². The number of rotatable bonds is 5. The quantitative estimate of drug-likeness (QED) is 0.748. The molecule has 1 aliphatic rings. The second-order valence-electron chi connectivity index (χ2n) is 5.66. The minimum Gasteiger partial charge on any atom is -0.476 e. The SMILES string of the molecule is COC(=O)C1=C(C(=O)OC)N(c2ccccc2-n2ccc(C(=O)O)n2)COC1. The summed E-state index contributed by atoms with van der Waals surface area (Å²) in [6.45, 7) is -0.143. The van der Waals surface area contributed by atoms with Gasteiger partial charge in [-0.2, -0.15) is 5.10 Å². The van der Waals surface area contributed by atoms with Gasteiger partial charge in [-0.25, -0.2) is 19.1 Å². The number of hydrogen-bond acceptors (Lipinski definition) is 8. The van der Waals surface area contributed by atoms with E-state index < -0.39 is 17.9 Å². The molecule has 0 radical (unpaired) electrons. The van der Waals surface area contributed by atoms with Crippen LogP contribution in [0.3, 0.4) is 0 Å². The van der Waals surface area contributed by atoms with Crippen LogP contribution in [0.15, 0.2) is 47.8 Å². The van der Waals surface area contributed by atoms with Crippen LogP contribution in [0.5, 0.6) is 0 Å². The molecule has 0 saturated carbocycles. The van der Waals surface area contributed by atoms with Gasteiger partial charge >= 0.3 is 17.9 Å². The number of aromatic carboxylic acids is 1. The van der Waals surface area contributed by atoms with Gasteiger partial charge in [-0.1, -0.05) is 12.1 Å². The lowest BCUT2D eigenvalue weighted by Crippen LogP contribution is -2.39. The van der Waals surface area contributed by atoms with Crippen molar-refractivity contribution in [2.75, 3.05) is 32.5 Å². The van der Waals surface area contributed by atoms with Gasteiger partial charge in [0.15, 0.2) is 5.69 Å². The highest BCUT2D eigenvalue weighted by molar-refractivity contribution is 6.03. The molecule has 0 saturated heterocycles. The first-order valence-corrected chi connectivity index (χ1v) is 8.11. The van der Waals surface area contributed by atoms with Crippen molar-refractivity contribution in [2.24, 2.45) is 0 Å². The second-order valence-corrected chi connectivity index (χ2v) is 5.66. The molecule has 0 bridgehead atoms. The highest BCUT2D eigenvalue weighted by Crippen LogP contribution is 2.31. The molecule has 1 aromatic carbocycles. The van der Waals surface area contributed by atoms with E-state index in [0.717, 1.165) is 0 Å². The van der Waals surface area contributed by atoms with Gasteiger partial charge in [0.25, 0.3) is 0 Å². The molecule has 2 aromatic rings. The molecule has 146 valence electrons. The van der Waals surface area contributed by atoms with Crippen molar-refractivity contribution >= 4 is 23.6 Å². The molecule has 28 heavy (non-hydrogen) atoms. The Balaban J connectivity index is 2.15. The normalized spacial score (nSPS) is 14.0. The third-order valence-electron chi connectivity index (χ3n) is 4.06. The van der Waals surface area contributed by atoms with E-state index in [1.54, 1.807) is 24.3 Å². The standard InChI is InChI=1S/C18H17N3O7/c1-26-17(24)11-9-28-10-20(15(11)18(25)27-2)13-5-3-4-6-14(13)21-8-7-12(19-21)16(22)23/h3-8H,9-10H2,1-2H3,(H,22,23). The topological polar surface area (TPSA) is 120 Å². The number of para-hydroxylation sites is 2. The number of esters is 2. The molecular weight excluding hydrogens is 370 g/mol. The van der Waals surface area contributed by atoms with Gasteiger partial charge in [0.2, 0.25) is 0 Å². The zero-order chi connectivity index (χ0) is 20.3. The molecule has 0 unspecified atom stereocenters. The average Bonchev–Trinajstić information content (AvgIpc) is 3.22. The highest BCUT2D eigenvalue weighted by Gasteiger charge is 2.33. The minimum absolute atomic E-state index is 0.0151. The zero-order valence-electron chi connectivity index (χ0n) is 15.1. The van der Waals surface area contributed by atoms with Gasteiger partial charge in [0.1, 0.15) is 12.4 Å². The highest BCUT2D eigenvalue weighted by atomic mass is 16.5. The van der Waals surface area contributed by atoms with Crippen molar-refractivity contribution in [3.8, 4) is 5.69 Å². The first-order chi connectivity index (χ1) is 13.5. The summed E-state index contributed by atoms with van der Waals surface area (Å²) < 4.78 is 16.4. The fourth-order valence-corrected chi connectivity index (χ4v) is 2.79. The Labute approximate surface area is 159 Å². The molecule has 0 amide bonds. The lowest BCUT2D eigenvalue weighted by atomic mass is 10.1. The Morgan fingerprint density at radius 2 is 1.75 bits per heavy atom. The number of nitrogens with zero attached hydrogens (tertiary/aromatic N) is 3. The predicted octanol–water partition coefficient (Wildman–Crippen LogP) is 0.965. The summed E-state index contributed by atoms with van der Waals surface area (Å²) >= 11 is 0. The Hall–Kier alpha value is -3.66. The fourth-order valence-electron chi connectivity index (χ4n) is 2.79. The van der Waals surface area contributed by atoms with E-state index in [2.05, 4.69) is 5.10 Å².